The first-order valence-corrected chi connectivity index (χ1v) is 11.0. The third-order valence-corrected chi connectivity index (χ3v) is 8.19. The van der Waals surface area contributed by atoms with Crippen LogP contribution in [0, 0.1) is 17.8 Å². The Balaban J connectivity index is 1.30. The first kappa shape index (κ1) is 15.7. The monoisotopic (exact) mass is 346 g/mol. The summed E-state index contributed by atoms with van der Waals surface area (Å²) in [5, 5.41) is 10.5. The molecule has 4 aliphatic carbocycles. The number of likely N-dealkylation sites (tertiary alicyclic amines) is 1. The Morgan fingerprint density at radius 2 is 1.62 bits per heavy atom. The molecule has 0 aromatic carbocycles. The summed E-state index contributed by atoms with van der Waals surface area (Å²) in [6.45, 7) is 3.78. The van der Waals surface area contributed by atoms with Crippen LogP contribution in [-0.4, -0.2) is 45.1 Å². The second-order valence-electron chi connectivity index (χ2n) is 8.96. The maximum Gasteiger partial charge on any atom is 0.191 e. The molecule has 4 nitrogen and oxygen atoms in total. The van der Waals surface area contributed by atoms with Gasteiger partial charge in [-0.05, 0) is 82.2 Å². The number of nitrogens with zero attached hydrogens (tertiary/aromatic N) is 4. The molecule has 132 valence electrons. The van der Waals surface area contributed by atoms with E-state index in [-0.39, 0.29) is 0 Å². The van der Waals surface area contributed by atoms with Crippen LogP contribution in [0.4, 0.5) is 0 Å². The molecule has 5 fully saturated rings. The SMILES string of the molecule is Cn1c(SCCN2CCCC2)nnc1C12CC3CC(CC(C3)C1)C2. The van der Waals surface area contributed by atoms with Crippen LogP contribution >= 0.6 is 11.8 Å². The van der Waals surface area contributed by atoms with Crippen LogP contribution in [0.25, 0.3) is 0 Å². The second-order valence-corrected chi connectivity index (χ2v) is 10.0. The largest absolute Gasteiger partial charge is 0.309 e. The van der Waals surface area contributed by atoms with Gasteiger partial charge in [0.15, 0.2) is 5.16 Å². The predicted octanol–water partition coefficient (Wildman–Crippen LogP) is 3.47. The fourth-order valence-electron chi connectivity index (χ4n) is 6.56. The van der Waals surface area contributed by atoms with Crippen molar-refractivity contribution in [3.63, 3.8) is 0 Å². The van der Waals surface area contributed by atoms with E-state index in [2.05, 4.69) is 21.6 Å². The van der Waals surface area contributed by atoms with Crippen LogP contribution in [0.2, 0.25) is 0 Å². The lowest BCUT2D eigenvalue weighted by molar-refractivity contribution is -0.0109. The van der Waals surface area contributed by atoms with E-state index in [1.165, 1.54) is 76.8 Å². The third-order valence-electron chi connectivity index (χ3n) is 7.18. The van der Waals surface area contributed by atoms with E-state index in [0.29, 0.717) is 5.41 Å². The standard InChI is InChI=1S/C19H30N4S/c1-22-17(19-11-14-8-15(12-19)10-16(9-14)13-19)20-21-18(22)24-7-6-23-4-2-3-5-23/h14-16H,2-13H2,1H3. The molecule has 1 aromatic rings. The summed E-state index contributed by atoms with van der Waals surface area (Å²) in [5.74, 6) is 5.37. The van der Waals surface area contributed by atoms with E-state index in [1.54, 1.807) is 0 Å². The summed E-state index contributed by atoms with van der Waals surface area (Å²) in [4.78, 5) is 2.59. The Morgan fingerprint density at radius 3 is 2.25 bits per heavy atom. The number of hydrogen-bond donors (Lipinski definition) is 0. The molecule has 4 bridgehead atoms. The first-order chi connectivity index (χ1) is 11.7. The lowest BCUT2D eigenvalue weighted by Crippen LogP contribution is -2.49. The zero-order valence-corrected chi connectivity index (χ0v) is 15.7. The zero-order chi connectivity index (χ0) is 16.1. The number of thioether (sulfide) groups is 1. The lowest BCUT2D eigenvalue weighted by atomic mass is 9.49. The van der Waals surface area contributed by atoms with E-state index in [1.807, 2.05) is 11.8 Å². The molecule has 0 atom stereocenters. The van der Waals surface area contributed by atoms with Crippen molar-refractivity contribution >= 4 is 11.8 Å². The van der Waals surface area contributed by atoms with E-state index in [4.69, 9.17) is 5.10 Å². The maximum atomic E-state index is 4.73. The molecule has 4 saturated carbocycles. The van der Waals surface area contributed by atoms with Gasteiger partial charge < -0.3 is 9.47 Å². The molecule has 1 saturated heterocycles. The Labute approximate surface area is 149 Å². The summed E-state index contributed by atoms with van der Waals surface area (Å²) in [5.41, 5.74) is 0.365. The minimum absolute atomic E-state index is 0.365. The minimum atomic E-state index is 0.365. The van der Waals surface area contributed by atoms with Crippen molar-refractivity contribution in [3.05, 3.63) is 5.82 Å². The summed E-state index contributed by atoms with van der Waals surface area (Å²) < 4.78 is 2.35. The molecule has 5 aliphatic rings. The predicted molar refractivity (Wildman–Crippen MR) is 97.3 cm³/mol. The van der Waals surface area contributed by atoms with Crippen LogP contribution in [0.15, 0.2) is 5.16 Å². The van der Waals surface area contributed by atoms with Crippen molar-refractivity contribution in [2.24, 2.45) is 24.8 Å². The molecule has 0 spiro atoms. The normalized spacial score (nSPS) is 38.3. The second kappa shape index (κ2) is 6.01. The fourth-order valence-corrected chi connectivity index (χ4v) is 7.47. The molecule has 5 heteroatoms. The number of aromatic nitrogens is 3. The van der Waals surface area contributed by atoms with Gasteiger partial charge in [0.2, 0.25) is 0 Å². The van der Waals surface area contributed by atoms with Crippen molar-refractivity contribution in [1.82, 2.24) is 19.7 Å². The van der Waals surface area contributed by atoms with Gasteiger partial charge in [-0.15, -0.1) is 10.2 Å². The first-order valence-electron chi connectivity index (χ1n) is 9.97. The Kier molecular flexibility index (Phi) is 3.93. The molecule has 6 rings (SSSR count). The van der Waals surface area contributed by atoms with Gasteiger partial charge in [0.1, 0.15) is 5.82 Å². The van der Waals surface area contributed by atoms with Crippen LogP contribution in [0.5, 0.6) is 0 Å². The van der Waals surface area contributed by atoms with Crippen molar-refractivity contribution in [3.8, 4) is 0 Å². The highest BCUT2D eigenvalue weighted by molar-refractivity contribution is 7.99. The van der Waals surface area contributed by atoms with Crippen molar-refractivity contribution in [2.75, 3.05) is 25.4 Å². The van der Waals surface area contributed by atoms with E-state index in [9.17, 15) is 0 Å². The Hall–Kier alpha value is -0.550. The van der Waals surface area contributed by atoms with Gasteiger partial charge in [-0.25, -0.2) is 0 Å². The van der Waals surface area contributed by atoms with Gasteiger partial charge in [-0.3, -0.25) is 0 Å². The highest BCUT2D eigenvalue weighted by Crippen LogP contribution is 2.60. The van der Waals surface area contributed by atoms with Gasteiger partial charge in [0.05, 0.1) is 0 Å². The smallest absolute Gasteiger partial charge is 0.191 e. The molecule has 0 unspecified atom stereocenters. The van der Waals surface area contributed by atoms with Gasteiger partial charge >= 0.3 is 0 Å². The summed E-state index contributed by atoms with van der Waals surface area (Å²) in [6.07, 6.45) is 11.4. The maximum absolute atomic E-state index is 4.73. The summed E-state index contributed by atoms with van der Waals surface area (Å²) in [7, 11) is 2.21. The molecule has 0 amide bonds. The van der Waals surface area contributed by atoms with Crippen LogP contribution in [0.1, 0.15) is 57.2 Å². The lowest BCUT2D eigenvalue weighted by Gasteiger charge is -2.56. The molecule has 24 heavy (non-hydrogen) atoms. The quantitative estimate of drug-likeness (QED) is 0.765. The summed E-state index contributed by atoms with van der Waals surface area (Å²) in [6, 6.07) is 0. The Morgan fingerprint density at radius 1 is 1.00 bits per heavy atom. The Bertz CT molecular complexity index is 569. The topological polar surface area (TPSA) is 34.0 Å². The number of rotatable bonds is 5. The van der Waals surface area contributed by atoms with Gasteiger partial charge in [-0.2, -0.15) is 0 Å². The average Bonchev–Trinajstić information content (AvgIpc) is 3.17. The van der Waals surface area contributed by atoms with E-state index >= 15 is 0 Å². The molecular weight excluding hydrogens is 316 g/mol. The molecule has 1 aliphatic heterocycles. The zero-order valence-electron chi connectivity index (χ0n) is 14.9. The fraction of sp³-hybridized carbons (Fsp3) is 0.895. The van der Waals surface area contributed by atoms with E-state index < -0.39 is 0 Å². The van der Waals surface area contributed by atoms with Crippen molar-refractivity contribution in [1.29, 1.82) is 0 Å². The molecule has 0 radical (unpaired) electrons. The van der Waals surface area contributed by atoms with Gasteiger partial charge in [0.25, 0.3) is 0 Å². The molecule has 2 heterocycles. The highest BCUT2D eigenvalue weighted by Gasteiger charge is 2.53. The molecule has 1 aromatic heterocycles. The van der Waals surface area contributed by atoms with Gasteiger partial charge in [-0.1, -0.05) is 11.8 Å². The van der Waals surface area contributed by atoms with Crippen LogP contribution in [-0.2, 0) is 12.5 Å². The van der Waals surface area contributed by atoms with E-state index in [0.717, 1.165) is 28.7 Å². The number of hydrogen-bond acceptors (Lipinski definition) is 4. The highest BCUT2D eigenvalue weighted by atomic mass is 32.2. The van der Waals surface area contributed by atoms with Crippen molar-refractivity contribution < 1.29 is 0 Å². The van der Waals surface area contributed by atoms with Gasteiger partial charge in [0, 0.05) is 24.8 Å². The minimum Gasteiger partial charge on any atom is -0.309 e. The van der Waals surface area contributed by atoms with Crippen molar-refractivity contribution in [2.45, 2.75) is 61.9 Å². The molecule has 0 N–H and O–H groups in total. The summed E-state index contributed by atoms with van der Waals surface area (Å²) >= 11 is 1.91. The average molecular weight is 347 g/mol. The van der Waals surface area contributed by atoms with Crippen LogP contribution < -0.4 is 0 Å². The van der Waals surface area contributed by atoms with Crippen LogP contribution in [0.3, 0.4) is 0 Å². The molecular formula is C19H30N4S. The third kappa shape index (κ3) is 2.63.